The van der Waals surface area contributed by atoms with E-state index in [0.717, 1.165) is 6.08 Å². The van der Waals surface area contributed by atoms with E-state index in [4.69, 9.17) is 4.55 Å². The Bertz CT molecular complexity index is 199. The van der Waals surface area contributed by atoms with Crippen LogP contribution in [0.25, 0.3) is 0 Å². The van der Waals surface area contributed by atoms with Crippen molar-refractivity contribution in [3.63, 3.8) is 0 Å². The van der Waals surface area contributed by atoms with Crippen LogP contribution in [0.4, 0.5) is 0 Å². The van der Waals surface area contributed by atoms with E-state index in [1.165, 1.54) is 6.08 Å². The molecule has 0 radical (unpaired) electrons. The molecule has 0 aliphatic carbocycles. The fraction of sp³-hybridized carbons (Fsp3) is 0. The molecule has 0 aliphatic heterocycles. The predicted octanol–water partition coefficient (Wildman–Crippen LogP) is 0.418. The molecule has 0 fully saturated rings. The summed E-state index contributed by atoms with van der Waals surface area (Å²) < 4.78 is 27.6. The van der Waals surface area contributed by atoms with Crippen LogP contribution >= 0.6 is 0 Å². The first-order chi connectivity index (χ1) is 3.56. The van der Waals surface area contributed by atoms with E-state index < -0.39 is 10.1 Å². The summed E-state index contributed by atoms with van der Waals surface area (Å²) in [7, 11) is -3.94. The Balaban J connectivity index is -0.0000000817. The summed E-state index contributed by atoms with van der Waals surface area (Å²) in [4.78, 5) is 0. The fourth-order valence-corrected chi connectivity index (χ4v) is 0.465. The van der Waals surface area contributed by atoms with Gasteiger partial charge in [0.25, 0.3) is 10.1 Å². The van der Waals surface area contributed by atoms with Gasteiger partial charge in [0.2, 0.25) is 0 Å². The van der Waals surface area contributed by atoms with E-state index in [9.17, 15) is 8.42 Å². The van der Waals surface area contributed by atoms with Crippen molar-refractivity contribution >= 4 is 59.0 Å². The van der Waals surface area contributed by atoms with Crippen LogP contribution in [-0.4, -0.2) is 61.9 Å². The predicted molar refractivity (Wildman–Crippen MR) is 38.9 cm³/mol. The molecule has 0 spiro atoms. The van der Waals surface area contributed by atoms with E-state index in [-0.39, 0.29) is 51.7 Å². The standard InChI is InChI=1S/C4H6O3S.Ba.2H/c1-2-3-4-8(5,6)7;;;/h2-4H,1H2,(H,5,6,7);;;/q;+2;2*-1. The van der Waals surface area contributed by atoms with Crippen LogP contribution in [0.1, 0.15) is 2.85 Å². The summed E-state index contributed by atoms with van der Waals surface area (Å²) in [5, 5.41) is 0.653. The normalized spacial score (nSPS) is 10.8. The molecule has 1 N–H and O–H groups in total. The van der Waals surface area contributed by atoms with Gasteiger partial charge in [0.1, 0.15) is 0 Å². The molecule has 9 heavy (non-hydrogen) atoms. The number of hydrogen-bond acceptors (Lipinski definition) is 2. The molecule has 0 heterocycles. The van der Waals surface area contributed by atoms with Gasteiger partial charge < -0.3 is 2.85 Å². The second-order valence-corrected chi connectivity index (χ2v) is 2.38. The van der Waals surface area contributed by atoms with E-state index >= 15 is 0 Å². The first-order valence-corrected chi connectivity index (χ1v) is 3.33. The summed E-state index contributed by atoms with van der Waals surface area (Å²) in [6, 6.07) is 0. The molecule has 0 saturated heterocycles. The molecule has 50 valence electrons. The minimum absolute atomic E-state index is 0. The number of rotatable bonds is 2. The molecule has 0 aliphatic rings. The van der Waals surface area contributed by atoms with Crippen molar-refractivity contribution < 1.29 is 15.8 Å². The van der Waals surface area contributed by atoms with Crippen LogP contribution < -0.4 is 0 Å². The second kappa shape index (κ2) is 5.72. The van der Waals surface area contributed by atoms with Crippen LogP contribution in [0, 0.1) is 0 Å². The van der Waals surface area contributed by atoms with Gasteiger partial charge >= 0.3 is 48.9 Å². The van der Waals surface area contributed by atoms with Crippen molar-refractivity contribution in [1.29, 1.82) is 0 Å². The van der Waals surface area contributed by atoms with E-state index in [0.29, 0.717) is 5.41 Å². The molecule has 0 aromatic heterocycles. The molecule has 0 unspecified atom stereocenters. The van der Waals surface area contributed by atoms with Crippen molar-refractivity contribution in [1.82, 2.24) is 0 Å². The summed E-state index contributed by atoms with van der Waals surface area (Å²) >= 11 is 0. The molecule has 0 rings (SSSR count). The molecule has 0 bridgehead atoms. The first kappa shape index (κ1) is 12.6. The van der Waals surface area contributed by atoms with Crippen molar-refractivity contribution in [2.75, 3.05) is 0 Å². The van der Waals surface area contributed by atoms with Gasteiger partial charge in [-0.25, -0.2) is 0 Å². The topological polar surface area (TPSA) is 54.4 Å². The third-order valence-electron chi connectivity index (χ3n) is 0.387. The van der Waals surface area contributed by atoms with Gasteiger partial charge in [-0.2, -0.15) is 8.42 Å². The second-order valence-electron chi connectivity index (χ2n) is 1.08. The molecule has 0 amide bonds. The smallest absolute Gasteiger partial charge is 1.00 e. The average Bonchev–Trinajstić information content (AvgIpc) is 1.59. The minimum atomic E-state index is -3.94. The van der Waals surface area contributed by atoms with Crippen LogP contribution in [-0.2, 0) is 10.1 Å². The molecule has 3 nitrogen and oxygen atoms in total. The third kappa shape index (κ3) is 12.2. The van der Waals surface area contributed by atoms with Crippen molar-refractivity contribution in [2.24, 2.45) is 0 Å². The molecular formula is C4H8BaO3S. The molecule has 0 aromatic rings. The molecule has 5 heteroatoms. The van der Waals surface area contributed by atoms with Gasteiger partial charge in [0.15, 0.2) is 0 Å². The van der Waals surface area contributed by atoms with E-state index in [1.54, 1.807) is 0 Å². The molecule has 0 atom stereocenters. The third-order valence-corrected chi connectivity index (χ3v) is 0.888. The van der Waals surface area contributed by atoms with Crippen LogP contribution in [0.2, 0.25) is 0 Å². The number of allylic oxidation sites excluding steroid dienone is 2. The van der Waals surface area contributed by atoms with E-state index in [2.05, 4.69) is 6.58 Å². The maximum absolute atomic E-state index is 9.81. The van der Waals surface area contributed by atoms with Gasteiger partial charge in [0, 0.05) is 0 Å². The zero-order valence-corrected chi connectivity index (χ0v) is 10.1. The summed E-state index contributed by atoms with van der Waals surface area (Å²) in [6.07, 6.45) is 2.39. The Morgan fingerprint density at radius 2 is 2.00 bits per heavy atom. The van der Waals surface area contributed by atoms with Crippen molar-refractivity contribution in [3.05, 3.63) is 24.1 Å². The summed E-state index contributed by atoms with van der Waals surface area (Å²) in [5.74, 6) is 0. The van der Waals surface area contributed by atoms with Gasteiger partial charge in [-0.3, -0.25) is 4.55 Å². The van der Waals surface area contributed by atoms with Gasteiger partial charge in [-0.15, -0.1) is 0 Å². The monoisotopic (exact) mass is 274 g/mol. The fourth-order valence-electron chi connectivity index (χ4n) is 0.155. The van der Waals surface area contributed by atoms with Gasteiger partial charge in [0.05, 0.1) is 5.41 Å². The van der Waals surface area contributed by atoms with Crippen LogP contribution in [0.5, 0.6) is 0 Å². The zero-order chi connectivity index (χ0) is 6.62. The van der Waals surface area contributed by atoms with Gasteiger partial charge in [-0.1, -0.05) is 12.7 Å². The van der Waals surface area contributed by atoms with E-state index in [1.807, 2.05) is 0 Å². The largest absolute Gasteiger partial charge is 2.00 e. The SMILES string of the molecule is C=CC=CS(=O)(=O)O.[Ba+2].[H-].[H-]. The summed E-state index contributed by atoms with van der Waals surface area (Å²) in [5.41, 5.74) is 0. The molecule has 0 aromatic carbocycles. The maximum Gasteiger partial charge on any atom is 2.00 e. The Hall–Kier alpha value is 0.961. The maximum atomic E-state index is 9.81. The Labute approximate surface area is 97.6 Å². The minimum Gasteiger partial charge on any atom is -1.00 e. The van der Waals surface area contributed by atoms with Crippen LogP contribution in [0.15, 0.2) is 24.1 Å². The first-order valence-electron chi connectivity index (χ1n) is 1.83. The Kier molecular flexibility index (Phi) is 8.03. The zero-order valence-electron chi connectivity index (χ0n) is 6.82. The molecule has 0 saturated carbocycles. The Morgan fingerprint density at radius 3 is 2.11 bits per heavy atom. The van der Waals surface area contributed by atoms with Crippen molar-refractivity contribution in [2.45, 2.75) is 0 Å². The van der Waals surface area contributed by atoms with Crippen molar-refractivity contribution in [3.8, 4) is 0 Å². The number of hydrogen-bond donors (Lipinski definition) is 1. The molecular weight excluding hydrogens is 265 g/mol. The van der Waals surface area contributed by atoms with Gasteiger partial charge in [-0.05, 0) is 6.08 Å². The average molecular weight is 274 g/mol. The van der Waals surface area contributed by atoms with Crippen LogP contribution in [0.3, 0.4) is 0 Å². The Morgan fingerprint density at radius 1 is 1.56 bits per heavy atom. The quantitative estimate of drug-likeness (QED) is 0.451. The summed E-state index contributed by atoms with van der Waals surface area (Å²) in [6.45, 7) is 3.20.